The third-order valence-electron chi connectivity index (χ3n) is 3.07. The van der Waals surface area contributed by atoms with Crippen molar-refractivity contribution in [3.63, 3.8) is 0 Å². The van der Waals surface area contributed by atoms with Gasteiger partial charge in [0.15, 0.2) is 11.0 Å². The van der Waals surface area contributed by atoms with Crippen LogP contribution in [-0.2, 0) is 11.2 Å². The molecule has 0 aliphatic rings. The molecule has 5 nitrogen and oxygen atoms in total. The van der Waals surface area contributed by atoms with E-state index in [0.717, 1.165) is 15.9 Å². The van der Waals surface area contributed by atoms with Crippen LogP contribution < -0.4 is 5.32 Å². The largest absolute Gasteiger partial charge is 0.449 e. The number of hydrogen-bond donors (Lipinski definition) is 1. The molecule has 0 radical (unpaired) electrons. The number of fused-ring (bicyclic) bond motifs is 1. The Balaban J connectivity index is 1.63. The van der Waals surface area contributed by atoms with Crippen molar-refractivity contribution in [2.45, 2.75) is 26.7 Å². The first-order chi connectivity index (χ1) is 10.1. The summed E-state index contributed by atoms with van der Waals surface area (Å²) >= 11 is 1.49. The van der Waals surface area contributed by atoms with Crippen LogP contribution in [0.2, 0.25) is 0 Å². The highest BCUT2D eigenvalue weighted by Crippen LogP contribution is 2.26. The van der Waals surface area contributed by atoms with Crippen LogP contribution >= 0.6 is 11.3 Å². The van der Waals surface area contributed by atoms with E-state index in [1.54, 1.807) is 13.2 Å². The molecule has 1 N–H and O–H groups in total. The van der Waals surface area contributed by atoms with E-state index >= 15 is 0 Å². The van der Waals surface area contributed by atoms with E-state index in [4.69, 9.17) is 4.42 Å². The highest BCUT2D eigenvalue weighted by Gasteiger charge is 2.09. The molecule has 0 aliphatic carbocycles. The van der Waals surface area contributed by atoms with Crippen LogP contribution in [0.4, 0.5) is 5.13 Å². The van der Waals surface area contributed by atoms with Crippen molar-refractivity contribution < 1.29 is 9.21 Å². The maximum atomic E-state index is 11.9. The lowest BCUT2D eigenvalue weighted by molar-refractivity contribution is -0.116. The van der Waals surface area contributed by atoms with E-state index < -0.39 is 0 Å². The quantitative estimate of drug-likeness (QED) is 0.801. The number of carbonyl (C=O) groups is 1. The maximum Gasteiger partial charge on any atom is 0.226 e. The minimum atomic E-state index is -0.0635. The maximum absolute atomic E-state index is 11.9. The van der Waals surface area contributed by atoms with Gasteiger partial charge < -0.3 is 9.73 Å². The molecule has 3 rings (SSSR count). The van der Waals surface area contributed by atoms with Gasteiger partial charge in [0.1, 0.15) is 6.26 Å². The first-order valence-corrected chi connectivity index (χ1v) is 7.50. The average Bonchev–Trinajstić information content (AvgIpc) is 3.01. The monoisotopic (exact) mass is 301 g/mol. The molecular weight excluding hydrogens is 286 g/mol. The highest BCUT2D eigenvalue weighted by molar-refractivity contribution is 7.22. The lowest BCUT2D eigenvalue weighted by atomic mass is 10.2. The summed E-state index contributed by atoms with van der Waals surface area (Å²) < 4.78 is 6.19. The second-order valence-corrected chi connectivity index (χ2v) is 5.93. The molecule has 0 bridgehead atoms. The summed E-state index contributed by atoms with van der Waals surface area (Å²) in [6, 6.07) is 6.05. The molecule has 0 saturated carbocycles. The summed E-state index contributed by atoms with van der Waals surface area (Å²) in [6.45, 7) is 3.82. The summed E-state index contributed by atoms with van der Waals surface area (Å²) in [4.78, 5) is 20.5. The molecule has 2 heterocycles. The van der Waals surface area contributed by atoms with Gasteiger partial charge in [-0.3, -0.25) is 4.79 Å². The number of nitrogens with one attached hydrogen (secondary N) is 1. The van der Waals surface area contributed by atoms with E-state index in [2.05, 4.69) is 21.4 Å². The zero-order chi connectivity index (χ0) is 14.8. The second-order valence-electron chi connectivity index (χ2n) is 4.90. The van der Waals surface area contributed by atoms with Gasteiger partial charge in [0.2, 0.25) is 5.91 Å². The van der Waals surface area contributed by atoms with Gasteiger partial charge in [-0.15, -0.1) is 0 Å². The van der Waals surface area contributed by atoms with Gasteiger partial charge >= 0.3 is 0 Å². The standard InChI is InChI=1S/C15H15N3O2S/c1-9-3-5-12-13(7-9)21-15(17-12)18-14(19)6-4-11-8-20-10(2)16-11/h3,5,7-8H,4,6H2,1-2H3,(H,17,18,19). The van der Waals surface area contributed by atoms with Gasteiger partial charge in [0, 0.05) is 19.8 Å². The number of amides is 1. The minimum absolute atomic E-state index is 0.0635. The number of carbonyl (C=O) groups excluding carboxylic acids is 1. The summed E-state index contributed by atoms with van der Waals surface area (Å²) in [5, 5.41) is 3.47. The Kier molecular flexibility index (Phi) is 3.70. The topological polar surface area (TPSA) is 68.0 Å². The molecule has 108 valence electrons. The number of rotatable bonds is 4. The van der Waals surface area contributed by atoms with E-state index in [0.29, 0.717) is 23.9 Å². The molecule has 6 heteroatoms. The number of benzene rings is 1. The molecule has 0 unspecified atom stereocenters. The van der Waals surface area contributed by atoms with Crippen LogP contribution in [-0.4, -0.2) is 15.9 Å². The van der Waals surface area contributed by atoms with Gasteiger partial charge in [-0.2, -0.15) is 0 Å². The Morgan fingerprint density at radius 2 is 2.19 bits per heavy atom. The van der Waals surface area contributed by atoms with Gasteiger partial charge in [0.25, 0.3) is 0 Å². The van der Waals surface area contributed by atoms with Crippen LogP contribution in [0, 0.1) is 13.8 Å². The molecule has 1 amide bonds. The lowest BCUT2D eigenvalue weighted by Crippen LogP contribution is -2.12. The van der Waals surface area contributed by atoms with Crippen LogP contribution in [0.3, 0.4) is 0 Å². The van der Waals surface area contributed by atoms with Gasteiger partial charge in [-0.05, 0) is 24.6 Å². The van der Waals surface area contributed by atoms with Crippen LogP contribution in [0.15, 0.2) is 28.9 Å². The number of anilines is 1. The van der Waals surface area contributed by atoms with Crippen molar-refractivity contribution >= 4 is 32.6 Å². The normalized spacial score (nSPS) is 11.0. The van der Waals surface area contributed by atoms with Gasteiger partial charge in [-0.1, -0.05) is 17.4 Å². The van der Waals surface area contributed by atoms with Crippen LogP contribution in [0.5, 0.6) is 0 Å². The first kappa shape index (κ1) is 13.8. The van der Waals surface area contributed by atoms with Crippen molar-refractivity contribution in [2.75, 3.05) is 5.32 Å². The summed E-state index contributed by atoms with van der Waals surface area (Å²) in [7, 11) is 0. The highest BCUT2D eigenvalue weighted by atomic mass is 32.1. The van der Waals surface area contributed by atoms with E-state index in [1.165, 1.54) is 16.9 Å². The fraction of sp³-hybridized carbons (Fsp3) is 0.267. The summed E-state index contributed by atoms with van der Waals surface area (Å²) in [5.74, 6) is 0.554. The van der Waals surface area contributed by atoms with Crippen molar-refractivity contribution in [3.8, 4) is 0 Å². The second kappa shape index (κ2) is 5.65. The fourth-order valence-corrected chi connectivity index (χ4v) is 3.01. The molecule has 0 fully saturated rings. The van der Waals surface area contributed by atoms with E-state index in [1.807, 2.05) is 19.1 Å². The van der Waals surface area contributed by atoms with Crippen molar-refractivity contribution in [1.29, 1.82) is 0 Å². The van der Waals surface area contributed by atoms with Crippen molar-refractivity contribution in [3.05, 3.63) is 41.6 Å². The Labute approximate surface area is 126 Å². The lowest BCUT2D eigenvalue weighted by Gasteiger charge is -1.99. The third kappa shape index (κ3) is 3.28. The SMILES string of the molecule is Cc1ccc2nc(NC(=O)CCc3coc(C)n3)sc2c1. The molecule has 0 aliphatic heterocycles. The molecule has 0 saturated heterocycles. The summed E-state index contributed by atoms with van der Waals surface area (Å²) in [6.07, 6.45) is 2.51. The smallest absolute Gasteiger partial charge is 0.226 e. The first-order valence-electron chi connectivity index (χ1n) is 6.68. The number of aryl methyl sites for hydroxylation is 3. The van der Waals surface area contributed by atoms with Gasteiger partial charge in [0.05, 0.1) is 15.9 Å². The number of aromatic nitrogens is 2. The fourth-order valence-electron chi connectivity index (χ4n) is 2.03. The molecule has 3 aromatic rings. The van der Waals surface area contributed by atoms with Crippen LogP contribution in [0.25, 0.3) is 10.2 Å². The minimum Gasteiger partial charge on any atom is -0.449 e. The zero-order valence-electron chi connectivity index (χ0n) is 11.8. The third-order valence-corrected chi connectivity index (χ3v) is 4.00. The van der Waals surface area contributed by atoms with E-state index in [9.17, 15) is 4.79 Å². The number of hydrogen-bond acceptors (Lipinski definition) is 5. The molecular formula is C15H15N3O2S. The van der Waals surface area contributed by atoms with Crippen molar-refractivity contribution in [1.82, 2.24) is 9.97 Å². The van der Waals surface area contributed by atoms with Gasteiger partial charge in [-0.25, -0.2) is 9.97 Å². The molecule has 1 aromatic carbocycles. The Morgan fingerprint density at radius 1 is 1.33 bits per heavy atom. The van der Waals surface area contributed by atoms with Crippen LogP contribution in [0.1, 0.15) is 23.6 Å². The molecule has 21 heavy (non-hydrogen) atoms. The Bertz CT molecular complexity index is 791. The van der Waals surface area contributed by atoms with Crippen molar-refractivity contribution in [2.24, 2.45) is 0 Å². The summed E-state index contributed by atoms with van der Waals surface area (Å²) in [5.41, 5.74) is 2.89. The number of nitrogens with zero attached hydrogens (tertiary/aromatic N) is 2. The molecule has 0 spiro atoms. The average molecular weight is 301 g/mol. The Hall–Kier alpha value is -2.21. The zero-order valence-corrected chi connectivity index (χ0v) is 12.7. The molecule has 2 aromatic heterocycles. The number of oxazole rings is 1. The number of thiazole rings is 1. The predicted octanol–water partition coefficient (Wildman–Crippen LogP) is 3.47. The Morgan fingerprint density at radius 3 is 2.95 bits per heavy atom. The molecule has 0 atom stereocenters. The van der Waals surface area contributed by atoms with E-state index in [-0.39, 0.29) is 5.91 Å². The predicted molar refractivity (Wildman–Crippen MR) is 82.5 cm³/mol.